The minimum atomic E-state index is -1.14. The van der Waals surface area contributed by atoms with Crippen molar-refractivity contribution in [1.29, 1.82) is 0 Å². The van der Waals surface area contributed by atoms with E-state index in [1.165, 1.54) is 20.3 Å². The molecule has 160 valence electrons. The number of aryl methyl sites for hydroxylation is 1. The van der Waals surface area contributed by atoms with Crippen LogP contribution in [0.3, 0.4) is 0 Å². The molecule has 0 spiro atoms. The Morgan fingerprint density at radius 1 is 1.06 bits per heavy atom. The summed E-state index contributed by atoms with van der Waals surface area (Å²) in [6.45, 7) is 1.92. The first-order valence-corrected chi connectivity index (χ1v) is 9.27. The van der Waals surface area contributed by atoms with Crippen LogP contribution >= 0.6 is 0 Å². The Morgan fingerprint density at radius 3 is 2.52 bits per heavy atom. The topological polar surface area (TPSA) is 108 Å². The van der Waals surface area contributed by atoms with Crippen molar-refractivity contribution in [1.82, 2.24) is 0 Å². The van der Waals surface area contributed by atoms with Crippen molar-refractivity contribution in [2.24, 2.45) is 4.99 Å². The molecule has 2 aromatic carbocycles. The van der Waals surface area contributed by atoms with E-state index < -0.39 is 11.9 Å². The smallest absolute Gasteiger partial charge is 0.371 e. The van der Waals surface area contributed by atoms with Crippen LogP contribution in [-0.4, -0.2) is 37.5 Å². The second-order valence-corrected chi connectivity index (χ2v) is 6.52. The number of ether oxygens (including phenoxy) is 3. The highest BCUT2D eigenvalue weighted by atomic mass is 16.5. The number of aromatic carboxylic acids is 1. The summed E-state index contributed by atoms with van der Waals surface area (Å²) in [4.78, 5) is 27.0. The minimum absolute atomic E-state index is 0.0583. The number of aliphatic imine (C=N–C) groups is 1. The summed E-state index contributed by atoms with van der Waals surface area (Å²) in [6, 6.07) is 13.4. The number of hydrogen-bond acceptors (Lipinski definition) is 7. The van der Waals surface area contributed by atoms with Crippen LogP contribution in [0.1, 0.15) is 37.8 Å². The molecule has 0 amide bonds. The highest BCUT2D eigenvalue weighted by Crippen LogP contribution is 2.29. The fourth-order valence-corrected chi connectivity index (χ4v) is 2.79. The first-order chi connectivity index (χ1) is 14.9. The number of methoxy groups -OCH3 is 2. The summed E-state index contributed by atoms with van der Waals surface area (Å²) in [6.07, 6.45) is 1.68. The number of carboxylic acids is 1. The molecule has 0 unspecified atom stereocenters. The van der Waals surface area contributed by atoms with Crippen molar-refractivity contribution in [3.8, 4) is 11.5 Å². The zero-order valence-electron chi connectivity index (χ0n) is 17.2. The molecule has 3 rings (SSSR count). The Labute approximate surface area is 178 Å². The lowest BCUT2D eigenvalue weighted by Gasteiger charge is -2.10. The second kappa shape index (κ2) is 9.62. The van der Waals surface area contributed by atoms with Gasteiger partial charge in [-0.3, -0.25) is 4.99 Å². The number of benzene rings is 2. The molecular weight excluding hydrogens is 402 g/mol. The lowest BCUT2D eigenvalue weighted by molar-refractivity contribution is 0.0599. The van der Waals surface area contributed by atoms with E-state index in [2.05, 4.69) is 4.99 Å². The van der Waals surface area contributed by atoms with Gasteiger partial charge in [0.15, 0.2) is 11.5 Å². The molecule has 1 N–H and O–H groups in total. The Hall–Kier alpha value is -4.07. The molecule has 0 radical (unpaired) electrons. The van der Waals surface area contributed by atoms with Gasteiger partial charge in [-0.15, -0.1) is 0 Å². The monoisotopic (exact) mass is 423 g/mol. The van der Waals surface area contributed by atoms with Gasteiger partial charge in [-0.2, -0.15) is 0 Å². The Morgan fingerprint density at radius 2 is 1.87 bits per heavy atom. The largest absolute Gasteiger partial charge is 0.493 e. The van der Waals surface area contributed by atoms with Crippen LogP contribution in [0.5, 0.6) is 11.5 Å². The average Bonchev–Trinajstić information content (AvgIpc) is 3.26. The van der Waals surface area contributed by atoms with E-state index in [9.17, 15) is 9.59 Å². The predicted octanol–water partition coefficient (Wildman–Crippen LogP) is 4.41. The van der Waals surface area contributed by atoms with E-state index in [1.54, 1.807) is 42.6 Å². The van der Waals surface area contributed by atoms with Crippen LogP contribution in [0.4, 0.5) is 5.69 Å². The number of carboxylic acid groups (broad SMARTS) is 1. The summed E-state index contributed by atoms with van der Waals surface area (Å²) in [5.41, 5.74) is 2.81. The van der Waals surface area contributed by atoms with Crippen molar-refractivity contribution in [3.05, 3.63) is 76.7 Å². The van der Waals surface area contributed by atoms with Gasteiger partial charge in [0, 0.05) is 6.21 Å². The molecule has 0 bridgehead atoms. The van der Waals surface area contributed by atoms with Gasteiger partial charge < -0.3 is 23.7 Å². The fraction of sp³-hybridized carbons (Fsp3) is 0.174. The van der Waals surface area contributed by atoms with Crippen LogP contribution in [0, 0.1) is 6.92 Å². The number of nitrogens with zero attached hydrogens (tertiary/aromatic N) is 1. The number of hydrogen-bond donors (Lipinski definition) is 1. The van der Waals surface area contributed by atoms with Crippen LogP contribution < -0.4 is 9.47 Å². The first kappa shape index (κ1) is 21.6. The lowest BCUT2D eigenvalue weighted by atomic mass is 10.1. The van der Waals surface area contributed by atoms with E-state index in [0.29, 0.717) is 22.8 Å². The molecule has 1 aromatic heterocycles. The average molecular weight is 423 g/mol. The Balaban J connectivity index is 1.72. The van der Waals surface area contributed by atoms with Crippen LogP contribution in [0.15, 0.2) is 57.9 Å². The third-order valence-corrected chi connectivity index (χ3v) is 4.40. The first-order valence-electron chi connectivity index (χ1n) is 9.27. The molecule has 3 aromatic rings. The van der Waals surface area contributed by atoms with E-state index in [1.807, 2.05) is 13.0 Å². The highest BCUT2D eigenvalue weighted by Gasteiger charge is 2.11. The SMILES string of the molecule is COC(=O)c1ccc(N=Cc2ccc(OCc3ccc(C(=O)O)o3)c(OC)c2)c(C)c1. The molecule has 8 nitrogen and oxygen atoms in total. The second-order valence-electron chi connectivity index (χ2n) is 6.52. The Kier molecular flexibility index (Phi) is 6.71. The molecule has 31 heavy (non-hydrogen) atoms. The molecule has 0 saturated carbocycles. The van der Waals surface area contributed by atoms with Gasteiger partial charge in [0.2, 0.25) is 5.76 Å². The molecule has 0 aliphatic rings. The zero-order valence-corrected chi connectivity index (χ0v) is 17.2. The predicted molar refractivity (Wildman–Crippen MR) is 113 cm³/mol. The van der Waals surface area contributed by atoms with Gasteiger partial charge >= 0.3 is 11.9 Å². The number of carbonyl (C=O) groups excluding carboxylic acids is 1. The Bertz CT molecular complexity index is 1130. The lowest BCUT2D eigenvalue weighted by Crippen LogP contribution is -2.01. The number of esters is 1. The summed E-state index contributed by atoms with van der Waals surface area (Å²) in [5.74, 6) is -0.323. The molecule has 1 heterocycles. The summed E-state index contributed by atoms with van der Waals surface area (Å²) >= 11 is 0. The van der Waals surface area contributed by atoms with E-state index in [0.717, 1.165) is 16.8 Å². The number of rotatable bonds is 8. The van der Waals surface area contributed by atoms with Gasteiger partial charge in [-0.25, -0.2) is 9.59 Å². The molecule has 0 fully saturated rings. The standard InChI is InChI=1S/C23H21NO7/c1-14-10-16(23(27)29-3)5-7-18(14)24-12-15-4-8-19(21(11-15)28-2)30-13-17-6-9-20(31-17)22(25)26/h4-12H,13H2,1-3H3,(H,25,26). The maximum Gasteiger partial charge on any atom is 0.371 e. The third kappa shape index (κ3) is 5.30. The minimum Gasteiger partial charge on any atom is -0.493 e. The normalized spacial score (nSPS) is 10.8. The van der Waals surface area contributed by atoms with Crippen LogP contribution in [0.2, 0.25) is 0 Å². The van der Waals surface area contributed by atoms with Crippen LogP contribution in [0.25, 0.3) is 0 Å². The summed E-state index contributed by atoms with van der Waals surface area (Å²) < 4.78 is 21.0. The van der Waals surface area contributed by atoms with Crippen molar-refractivity contribution < 1.29 is 33.3 Å². The van der Waals surface area contributed by atoms with Crippen LogP contribution in [-0.2, 0) is 11.3 Å². The maximum absolute atomic E-state index is 11.6. The summed E-state index contributed by atoms with van der Waals surface area (Å²) in [5, 5.41) is 8.91. The molecule has 0 aliphatic carbocycles. The van der Waals surface area contributed by atoms with Gasteiger partial charge in [0.1, 0.15) is 12.4 Å². The van der Waals surface area contributed by atoms with Crippen molar-refractivity contribution in [2.75, 3.05) is 14.2 Å². The zero-order chi connectivity index (χ0) is 22.4. The van der Waals surface area contributed by atoms with E-state index in [4.69, 9.17) is 23.7 Å². The van der Waals surface area contributed by atoms with Gasteiger partial charge in [0.25, 0.3) is 0 Å². The van der Waals surface area contributed by atoms with E-state index in [-0.39, 0.29) is 12.4 Å². The quantitative estimate of drug-likeness (QED) is 0.422. The third-order valence-electron chi connectivity index (χ3n) is 4.40. The highest BCUT2D eigenvalue weighted by molar-refractivity contribution is 5.90. The van der Waals surface area contributed by atoms with Crippen molar-refractivity contribution in [3.63, 3.8) is 0 Å². The maximum atomic E-state index is 11.6. The van der Waals surface area contributed by atoms with Gasteiger partial charge in [0.05, 0.1) is 25.5 Å². The molecule has 0 saturated heterocycles. The van der Waals surface area contributed by atoms with Crippen molar-refractivity contribution >= 4 is 23.8 Å². The van der Waals surface area contributed by atoms with Gasteiger partial charge in [-0.1, -0.05) is 0 Å². The number of carbonyl (C=O) groups is 2. The number of furan rings is 1. The fourth-order valence-electron chi connectivity index (χ4n) is 2.79. The molecule has 0 atom stereocenters. The molecule has 8 heteroatoms. The van der Waals surface area contributed by atoms with Crippen molar-refractivity contribution in [2.45, 2.75) is 13.5 Å². The molecule has 0 aliphatic heterocycles. The molecular formula is C23H21NO7. The summed E-state index contributed by atoms with van der Waals surface area (Å²) in [7, 11) is 2.86. The van der Waals surface area contributed by atoms with E-state index >= 15 is 0 Å². The van der Waals surface area contributed by atoms with Gasteiger partial charge in [-0.05, 0) is 66.6 Å².